The van der Waals surface area contributed by atoms with Crippen molar-refractivity contribution in [3.8, 4) is 0 Å². The van der Waals surface area contributed by atoms with Gasteiger partial charge in [-0.05, 0) is 18.3 Å². The minimum absolute atomic E-state index is 0.345. The van der Waals surface area contributed by atoms with Crippen LogP contribution in [0.1, 0.15) is 40.5 Å². The second-order valence-corrected chi connectivity index (χ2v) is 6.23. The Kier molecular flexibility index (Phi) is 5.90. The third-order valence-corrected chi connectivity index (χ3v) is 3.84. The van der Waals surface area contributed by atoms with Crippen molar-refractivity contribution < 1.29 is 4.74 Å². The predicted octanol–water partition coefficient (Wildman–Crippen LogP) is 2.12. The smallest absolute Gasteiger partial charge is 0.0474 e. The van der Waals surface area contributed by atoms with E-state index in [1.165, 1.54) is 19.5 Å². The Hall–Kier alpha value is -0.120. The molecule has 2 unspecified atom stereocenters. The molecule has 0 radical (unpaired) electrons. The highest BCUT2D eigenvalue weighted by Gasteiger charge is 2.32. The molecule has 0 aliphatic carbocycles. The second-order valence-electron chi connectivity index (χ2n) is 6.23. The number of methoxy groups -OCH3 is 1. The SMILES string of the molecule is CCC1CNC(C(C)(C)C)CN1CCCOC. The topological polar surface area (TPSA) is 24.5 Å². The minimum atomic E-state index is 0.345. The number of nitrogens with one attached hydrogen (secondary N) is 1. The first-order valence-corrected chi connectivity index (χ1v) is 6.95. The minimum Gasteiger partial charge on any atom is -0.385 e. The maximum Gasteiger partial charge on any atom is 0.0474 e. The number of hydrogen-bond donors (Lipinski definition) is 1. The summed E-state index contributed by atoms with van der Waals surface area (Å²) in [4.78, 5) is 2.64. The largest absolute Gasteiger partial charge is 0.385 e. The number of piperazine rings is 1. The van der Waals surface area contributed by atoms with Gasteiger partial charge in [-0.3, -0.25) is 4.90 Å². The molecule has 0 aromatic carbocycles. The fourth-order valence-corrected chi connectivity index (χ4v) is 2.52. The molecule has 3 heteroatoms. The third kappa shape index (κ3) is 4.57. The lowest BCUT2D eigenvalue weighted by Crippen LogP contribution is -2.60. The highest BCUT2D eigenvalue weighted by atomic mass is 16.5. The Balaban J connectivity index is 2.49. The van der Waals surface area contributed by atoms with Crippen LogP contribution in [0.2, 0.25) is 0 Å². The van der Waals surface area contributed by atoms with Gasteiger partial charge in [0.05, 0.1) is 0 Å². The number of hydrogen-bond acceptors (Lipinski definition) is 3. The summed E-state index contributed by atoms with van der Waals surface area (Å²) in [5.74, 6) is 0. The average molecular weight is 242 g/mol. The summed E-state index contributed by atoms with van der Waals surface area (Å²) in [6.07, 6.45) is 2.38. The molecule has 0 bridgehead atoms. The van der Waals surface area contributed by atoms with Crippen LogP contribution in [0.25, 0.3) is 0 Å². The molecule has 0 aromatic rings. The van der Waals surface area contributed by atoms with E-state index in [2.05, 4.69) is 37.9 Å². The van der Waals surface area contributed by atoms with Crippen molar-refractivity contribution in [3.63, 3.8) is 0 Å². The first-order valence-electron chi connectivity index (χ1n) is 6.95. The second kappa shape index (κ2) is 6.72. The standard InChI is InChI=1S/C14H30N2O/c1-6-12-10-15-13(14(2,3)4)11-16(12)8-7-9-17-5/h12-13,15H,6-11H2,1-5H3. The molecule has 1 heterocycles. The van der Waals surface area contributed by atoms with Gasteiger partial charge >= 0.3 is 0 Å². The summed E-state index contributed by atoms with van der Waals surface area (Å²) in [6, 6.07) is 1.30. The van der Waals surface area contributed by atoms with Crippen molar-refractivity contribution in [3.05, 3.63) is 0 Å². The lowest BCUT2D eigenvalue weighted by atomic mass is 9.84. The molecule has 3 nitrogen and oxygen atoms in total. The summed E-state index contributed by atoms with van der Waals surface area (Å²) in [7, 11) is 1.78. The quantitative estimate of drug-likeness (QED) is 0.747. The molecule has 1 N–H and O–H groups in total. The Labute approximate surface area is 107 Å². The summed E-state index contributed by atoms with van der Waals surface area (Å²) in [5.41, 5.74) is 0.345. The summed E-state index contributed by atoms with van der Waals surface area (Å²) in [6.45, 7) is 13.6. The first-order chi connectivity index (χ1) is 7.99. The van der Waals surface area contributed by atoms with Gasteiger partial charge in [-0.25, -0.2) is 0 Å². The molecular formula is C14H30N2O. The molecule has 1 fully saturated rings. The van der Waals surface area contributed by atoms with Crippen molar-refractivity contribution >= 4 is 0 Å². The van der Waals surface area contributed by atoms with E-state index in [1.807, 2.05) is 0 Å². The van der Waals surface area contributed by atoms with E-state index in [9.17, 15) is 0 Å². The molecule has 102 valence electrons. The molecule has 1 saturated heterocycles. The van der Waals surface area contributed by atoms with Crippen LogP contribution < -0.4 is 5.32 Å². The molecule has 0 saturated carbocycles. The summed E-state index contributed by atoms with van der Waals surface area (Å²) in [5, 5.41) is 3.71. The molecule has 17 heavy (non-hydrogen) atoms. The lowest BCUT2D eigenvalue weighted by Gasteiger charge is -2.45. The van der Waals surface area contributed by atoms with E-state index in [0.29, 0.717) is 17.5 Å². The van der Waals surface area contributed by atoms with E-state index in [0.717, 1.165) is 19.6 Å². The van der Waals surface area contributed by atoms with E-state index in [1.54, 1.807) is 7.11 Å². The van der Waals surface area contributed by atoms with Crippen LogP contribution in [-0.2, 0) is 4.74 Å². The Morgan fingerprint density at radius 3 is 2.59 bits per heavy atom. The van der Waals surface area contributed by atoms with Gasteiger partial charge in [-0.15, -0.1) is 0 Å². The Bertz CT molecular complexity index is 213. The van der Waals surface area contributed by atoms with E-state index in [-0.39, 0.29) is 0 Å². The predicted molar refractivity (Wildman–Crippen MR) is 73.4 cm³/mol. The highest BCUT2D eigenvalue weighted by Crippen LogP contribution is 2.24. The summed E-state index contributed by atoms with van der Waals surface area (Å²) >= 11 is 0. The zero-order chi connectivity index (χ0) is 12.9. The Morgan fingerprint density at radius 1 is 1.35 bits per heavy atom. The van der Waals surface area contributed by atoms with Gasteiger partial charge < -0.3 is 10.1 Å². The van der Waals surface area contributed by atoms with Crippen molar-refractivity contribution in [2.45, 2.75) is 52.6 Å². The van der Waals surface area contributed by atoms with Crippen LogP contribution in [0.4, 0.5) is 0 Å². The molecule has 0 spiro atoms. The van der Waals surface area contributed by atoms with Crippen LogP contribution >= 0.6 is 0 Å². The fourth-order valence-electron chi connectivity index (χ4n) is 2.52. The molecule has 1 aliphatic rings. The molecule has 2 atom stereocenters. The summed E-state index contributed by atoms with van der Waals surface area (Å²) < 4.78 is 5.15. The van der Waals surface area contributed by atoms with Gasteiger partial charge in [0.2, 0.25) is 0 Å². The first kappa shape index (κ1) is 14.9. The van der Waals surface area contributed by atoms with Gasteiger partial charge in [0.15, 0.2) is 0 Å². The van der Waals surface area contributed by atoms with E-state index in [4.69, 9.17) is 4.74 Å². The molecule has 0 amide bonds. The zero-order valence-electron chi connectivity index (χ0n) is 12.3. The molecule has 1 rings (SSSR count). The third-order valence-electron chi connectivity index (χ3n) is 3.84. The molecule has 1 aliphatic heterocycles. The maximum absolute atomic E-state index is 5.15. The van der Waals surface area contributed by atoms with Crippen LogP contribution in [0.3, 0.4) is 0 Å². The monoisotopic (exact) mass is 242 g/mol. The van der Waals surface area contributed by atoms with Gasteiger partial charge in [0.25, 0.3) is 0 Å². The van der Waals surface area contributed by atoms with Crippen molar-refractivity contribution in [2.75, 3.05) is 33.4 Å². The van der Waals surface area contributed by atoms with Gasteiger partial charge in [-0.1, -0.05) is 27.7 Å². The van der Waals surface area contributed by atoms with E-state index < -0.39 is 0 Å². The van der Waals surface area contributed by atoms with Gasteiger partial charge in [0, 0.05) is 45.4 Å². The maximum atomic E-state index is 5.15. The van der Waals surface area contributed by atoms with Crippen LogP contribution in [0.15, 0.2) is 0 Å². The van der Waals surface area contributed by atoms with Gasteiger partial charge in [-0.2, -0.15) is 0 Å². The number of nitrogens with zero attached hydrogens (tertiary/aromatic N) is 1. The molecule has 0 aromatic heterocycles. The van der Waals surface area contributed by atoms with Crippen molar-refractivity contribution in [1.29, 1.82) is 0 Å². The highest BCUT2D eigenvalue weighted by molar-refractivity contribution is 4.91. The van der Waals surface area contributed by atoms with Gasteiger partial charge in [0.1, 0.15) is 0 Å². The zero-order valence-corrected chi connectivity index (χ0v) is 12.3. The normalized spacial score (nSPS) is 27.4. The number of ether oxygens (including phenoxy) is 1. The average Bonchev–Trinajstić information content (AvgIpc) is 2.28. The Morgan fingerprint density at radius 2 is 2.06 bits per heavy atom. The fraction of sp³-hybridized carbons (Fsp3) is 1.00. The lowest BCUT2D eigenvalue weighted by molar-refractivity contribution is 0.0739. The number of rotatable bonds is 5. The van der Waals surface area contributed by atoms with Crippen LogP contribution in [-0.4, -0.2) is 50.3 Å². The van der Waals surface area contributed by atoms with Crippen molar-refractivity contribution in [1.82, 2.24) is 10.2 Å². The van der Waals surface area contributed by atoms with Crippen molar-refractivity contribution in [2.24, 2.45) is 5.41 Å². The van der Waals surface area contributed by atoms with Crippen LogP contribution in [0.5, 0.6) is 0 Å². The van der Waals surface area contributed by atoms with Crippen LogP contribution in [0, 0.1) is 5.41 Å². The van der Waals surface area contributed by atoms with E-state index >= 15 is 0 Å². The molecular weight excluding hydrogens is 212 g/mol.